The van der Waals surface area contributed by atoms with E-state index in [-0.39, 0.29) is 5.75 Å². The van der Waals surface area contributed by atoms with Gasteiger partial charge in [0.15, 0.2) is 5.96 Å². The molecule has 23 heavy (non-hydrogen) atoms. The van der Waals surface area contributed by atoms with Crippen LogP contribution in [-0.4, -0.2) is 58.3 Å². The first kappa shape index (κ1) is 20.6. The number of unbranched alkanes of at least 4 members (excludes halogenated alkanes) is 1. The summed E-state index contributed by atoms with van der Waals surface area (Å²) >= 11 is 1.85. The fourth-order valence-electron chi connectivity index (χ4n) is 2.21. The van der Waals surface area contributed by atoms with E-state index in [0.29, 0.717) is 25.0 Å². The van der Waals surface area contributed by atoms with Crippen molar-refractivity contribution in [2.24, 2.45) is 10.9 Å². The maximum atomic E-state index is 11.9. The summed E-state index contributed by atoms with van der Waals surface area (Å²) in [6, 6.07) is 0. The van der Waals surface area contributed by atoms with Gasteiger partial charge in [0.05, 0.1) is 5.75 Å². The maximum absolute atomic E-state index is 11.9. The Kier molecular flexibility index (Phi) is 10.7. The molecule has 0 spiro atoms. The molecule has 0 unspecified atom stereocenters. The third-order valence-corrected chi connectivity index (χ3v) is 5.90. The smallest absolute Gasteiger partial charge is 0.213 e. The number of hydrogen-bond donors (Lipinski definition) is 3. The van der Waals surface area contributed by atoms with Crippen molar-refractivity contribution in [2.45, 2.75) is 39.0 Å². The van der Waals surface area contributed by atoms with E-state index in [2.05, 4.69) is 26.6 Å². The summed E-state index contributed by atoms with van der Waals surface area (Å²) in [5, 5.41) is 6.24. The Morgan fingerprint density at radius 2 is 2.04 bits per heavy atom. The van der Waals surface area contributed by atoms with Crippen molar-refractivity contribution in [3.8, 4) is 0 Å². The fraction of sp³-hybridized carbons (Fsp3) is 0.933. The Labute approximate surface area is 145 Å². The summed E-state index contributed by atoms with van der Waals surface area (Å²) in [5.74, 6) is 2.48. The molecule has 1 fully saturated rings. The molecule has 0 heterocycles. The Balaban J connectivity index is 2.22. The van der Waals surface area contributed by atoms with Gasteiger partial charge >= 0.3 is 0 Å². The number of sulfonamides is 1. The minimum absolute atomic E-state index is 0.0800. The van der Waals surface area contributed by atoms with Crippen molar-refractivity contribution in [1.29, 1.82) is 0 Å². The van der Waals surface area contributed by atoms with Crippen LogP contribution in [0.15, 0.2) is 4.99 Å². The molecule has 1 rings (SSSR count). The Morgan fingerprint density at radius 1 is 1.26 bits per heavy atom. The first-order chi connectivity index (χ1) is 11.1. The zero-order chi connectivity index (χ0) is 17.0. The highest BCUT2D eigenvalue weighted by Gasteiger charge is 2.19. The molecule has 0 radical (unpaired) electrons. The molecular formula is C15H32N4O2S2. The van der Waals surface area contributed by atoms with Gasteiger partial charge in [-0.3, -0.25) is 4.99 Å². The van der Waals surface area contributed by atoms with E-state index in [1.54, 1.807) is 0 Å². The highest BCUT2D eigenvalue weighted by atomic mass is 32.2. The fourth-order valence-corrected chi connectivity index (χ4v) is 3.71. The van der Waals surface area contributed by atoms with E-state index in [1.165, 1.54) is 6.42 Å². The maximum Gasteiger partial charge on any atom is 0.213 e. The summed E-state index contributed by atoms with van der Waals surface area (Å²) in [7, 11) is -3.19. The molecule has 6 nitrogen and oxygen atoms in total. The Morgan fingerprint density at radius 3 is 2.65 bits per heavy atom. The number of hydrogen-bond acceptors (Lipinski definition) is 4. The van der Waals surface area contributed by atoms with Crippen LogP contribution in [0.2, 0.25) is 0 Å². The molecular weight excluding hydrogens is 332 g/mol. The summed E-state index contributed by atoms with van der Waals surface area (Å²) in [4.78, 5) is 4.47. The predicted molar refractivity (Wildman–Crippen MR) is 101 cm³/mol. The molecule has 1 aliphatic carbocycles. The number of thioether (sulfide) groups is 1. The largest absolute Gasteiger partial charge is 0.357 e. The van der Waals surface area contributed by atoms with E-state index < -0.39 is 10.0 Å². The van der Waals surface area contributed by atoms with Gasteiger partial charge in [-0.15, -0.1) is 0 Å². The van der Waals surface area contributed by atoms with Crippen molar-refractivity contribution >= 4 is 27.7 Å². The van der Waals surface area contributed by atoms with Crippen molar-refractivity contribution < 1.29 is 8.42 Å². The summed E-state index contributed by atoms with van der Waals surface area (Å²) < 4.78 is 26.6. The van der Waals surface area contributed by atoms with Gasteiger partial charge in [0.2, 0.25) is 10.0 Å². The van der Waals surface area contributed by atoms with Gasteiger partial charge in [-0.25, -0.2) is 13.1 Å². The topological polar surface area (TPSA) is 82.6 Å². The highest BCUT2D eigenvalue weighted by molar-refractivity contribution is 7.98. The average molecular weight is 365 g/mol. The molecule has 0 aromatic rings. The standard InChI is InChI=1S/C15H32N4O2S2/c1-3-16-15(17-9-4-5-11-22-2)18-10-12-23(20,21)19-13-14-7-6-8-14/h14,19H,3-13H2,1-2H3,(H2,16,17,18). The van der Waals surface area contributed by atoms with Crippen LogP contribution < -0.4 is 15.4 Å². The number of guanidine groups is 1. The molecule has 0 atom stereocenters. The molecule has 1 saturated carbocycles. The van der Waals surface area contributed by atoms with Gasteiger partial charge < -0.3 is 10.6 Å². The predicted octanol–water partition coefficient (Wildman–Crippen LogP) is 1.40. The molecule has 0 aromatic carbocycles. The van der Waals surface area contributed by atoms with Gasteiger partial charge in [0.25, 0.3) is 0 Å². The molecule has 1 aliphatic rings. The molecule has 3 N–H and O–H groups in total. The van der Waals surface area contributed by atoms with Gasteiger partial charge in [0.1, 0.15) is 0 Å². The molecule has 0 aromatic heterocycles. The zero-order valence-electron chi connectivity index (χ0n) is 14.4. The van der Waals surface area contributed by atoms with E-state index in [0.717, 1.165) is 44.5 Å². The number of aliphatic imine (C=N–C) groups is 1. The number of nitrogens with one attached hydrogen (secondary N) is 3. The van der Waals surface area contributed by atoms with Gasteiger partial charge in [-0.1, -0.05) is 6.42 Å². The lowest BCUT2D eigenvalue weighted by Crippen LogP contribution is -2.42. The Hall–Kier alpha value is -0.470. The quantitative estimate of drug-likeness (QED) is 0.277. The van der Waals surface area contributed by atoms with Crippen LogP contribution in [0.4, 0.5) is 0 Å². The summed E-state index contributed by atoms with van der Waals surface area (Å²) in [5.41, 5.74) is 0. The third kappa shape index (κ3) is 10.1. The normalized spacial score (nSPS) is 16.2. The van der Waals surface area contributed by atoms with E-state index in [1.807, 2.05) is 18.7 Å². The van der Waals surface area contributed by atoms with Gasteiger partial charge in [-0.05, 0) is 50.5 Å². The van der Waals surface area contributed by atoms with Crippen molar-refractivity contribution in [2.75, 3.05) is 43.9 Å². The third-order valence-electron chi connectivity index (χ3n) is 3.85. The van der Waals surface area contributed by atoms with Crippen LogP contribution in [0.5, 0.6) is 0 Å². The number of nitrogens with zero attached hydrogens (tertiary/aromatic N) is 1. The zero-order valence-corrected chi connectivity index (χ0v) is 16.1. The van der Waals surface area contributed by atoms with E-state index >= 15 is 0 Å². The minimum Gasteiger partial charge on any atom is -0.357 e. The van der Waals surface area contributed by atoms with Gasteiger partial charge in [-0.2, -0.15) is 11.8 Å². The lowest BCUT2D eigenvalue weighted by molar-refractivity contribution is 0.316. The lowest BCUT2D eigenvalue weighted by Gasteiger charge is -2.25. The van der Waals surface area contributed by atoms with Crippen LogP contribution >= 0.6 is 11.8 Å². The molecule has 0 saturated heterocycles. The molecule has 0 bridgehead atoms. The number of rotatable bonds is 12. The van der Waals surface area contributed by atoms with Crippen molar-refractivity contribution in [1.82, 2.24) is 15.4 Å². The SMILES string of the molecule is CCNC(=NCCCCSC)NCCS(=O)(=O)NCC1CCC1. The molecule has 8 heteroatoms. The second-order valence-electron chi connectivity index (χ2n) is 5.85. The first-order valence-electron chi connectivity index (χ1n) is 8.56. The van der Waals surface area contributed by atoms with Crippen LogP contribution in [0, 0.1) is 5.92 Å². The van der Waals surface area contributed by atoms with Crippen molar-refractivity contribution in [3.05, 3.63) is 0 Å². The monoisotopic (exact) mass is 364 g/mol. The first-order valence-corrected chi connectivity index (χ1v) is 11.6. The average Bonchev–Trinajstić information content (AvgIpc) is 2.45. The minimum atomic E-state index is -3.19. The van der Waals surface area contributed by atoms with Gasteiger partial charge in [0, 0.05) is 26.2 Å². The van der Waals surface area contributed by atoms with Crippen LogP contribution in [0.3, 0.4) is 0 Å². The molecule has 136 valence electrons. The second kappa shape index (κ2) is 12.0. The van der Waals surface area contributed by atoms with E-state index in [4.69, 9.17) is 0 Å². The van der Waals surface area contributed by atoms with Crippen LogP contribution in [-0.2, 0) is 10.0 Å². The summed E-state index contributed by atoms with van der Waals surface area (Å²) in [6.07, 6.45) is 7.84. The molecule has 0 aliphatic heterocycles. The van der Waals surface area contributed by atoms with Crippen molar-refractivity contribution in [3.63, 3.8) is 0 Å². The summed E-state index contributed by atoms with van der Waals surface area (Å²) in [6.45, 7) is 4.50. The van der Waals surface area contributed by atoms with Crippen LogP contribution in [0.1, 0.15) is 39.0 Å². The Bertz CT molecular complexity index is 437. The molecule has 0 amide bonds. The van der Waals surface area contributed by atoms with Crippen LogP contribution in [0.25, 0.3) is 0 Å². The lowest BCUT2D eigenvalue weighted by atomic mass is 9.86. The van der Waals surface area contributed by atoms with E-state index in [9.17, 15) is 8.42 Å². The highest BCUT2D eigenvalue weighted by Crippen LogP contribution is 2.25. The second-order valence-corrected chi connectivity index (χ2v) is 8.76.